The van der Waals surface area contributed by atoms with Gasteiger partial charge in [-0.25, -0.2) is 4.68 Å². The Morgan fingerprint density at radius 2 is 2.08 bits per heavy atom. The molecule has 1 aliphatic rings. The number of rotatable bonds is 6. The van der Waals surface area contributed by atoms with E-state index in [-0.39, 0.29) is 12.0 Å². The largest absolute Gasteiger partial charge is 0.380 e. The first-order chi connectivity index (χ1) is 12.1. The number of hydrogen-bond donors (Lipinski definition) is 1. The molecule has 0 saturated carbocycles. The van der Waals surface area contributed by atoms with Gasteiger partial charge in [0.05, 0.1) is 18.0 Å². The van der Waals surface area contributed by atoms with Crippen molar-refractivity contribution in [2.24, 2.45) is 5.73 Å². The van der Waals surface area contributed by atoms with E-state index in [9.17, 15) is 9.59 Å². The number of para-hydroxylation sites is 1. The Kier molecular flexibility index (Phi) is 5.14. The number of nitrogens with zero attached hydrogens (tertiary/aromatic N) is 3. The lowest BCUT2D eigenvalue weighted by atomic mass is 10.1. The molecule has 25 heavy (non-hydrogen) atoms. The quantitative estimate of drug-likeness (QED) is 0.845. The van der Waals surface area contributed by atoms with Crippen LogP contribution in [0.5, 0.6) is 0 Å². The number of benzene rings is 1. The standard InChI is InChI=1S/C18H22N4O3/c1-25-15-9-16(18(19)24)21(12-15)17(23)8-7-13-10-20-22(11-13)14-5-3-2-4-6-14/h2-6,10-11,15-16H,7-9,12H2,1H3,(H2,19,24)/t15-,16-/m0/s1. The molecule has 132 valence electrons. The molecule has 2 amide bonds. The van der Waals surface area contributed by atoms with Crippen molar-refractivity contribution >= 4 is 11.8 Å². The molecule has 1 aromatic heterocycles. The van der Waals surface area contributed by atoms with Gasteiger partial charge in [0.1, 0.15) is 6.04 Å². The Labute approximate surface area is 146 Å². The monoisotopic (exact) mass is 342 g/mol. The third-order valence-corrected chi connectivity index (χ3v) is 4.53. The molecular formula is C18H22N4O3. The molecule has 1 fully saturated rings. The van der Waals surface area contributed by atoms with Gasteiger partial charge in [-0.3, -0.25) is 9.59 Å². The van der Waals surface area contributed by atoms with Crippen molar-refractivity contribution in [2.45, 2.75) is 31.4 Å². The molecule has 0 spiro atoms. The average Bonchev–Trinajstić information content (AvgIpc) is 3.27. The van der Waals surface area contributed by atoms with Gasteiger partial charge < -0.3 is 15.4 Å². The molecule has 7 nitrogen and oxygen atoms in total. The van der Waals surface area contributed by atoms with Crippen LogP contribution in [0.25, 0.3) is 5.69 Å². The highest BCUT2D eigenvalue weighted by Crippen LogP contribution is 2.21. The Hall–Kier alpha value is -2.67. The SMILES string of the molecule is CO[C@H]1C[C@@H](C(N)=O)N(C(=O)CCc2cnn(-c3ccccc3)c2)C1. The van der Waals surface area contributed by atoms with E-state index in [4.69, 9.17) is 10.5 Å². The van der Waals surface area contributed by atoms with Crippen molar-refractivity contribution in [2.75, 3.05) is 13.7 Å². The van der Waals surface area contributed by atoms with E-state index in [0.29, 0.717) is 25.8 Å². The topological polar surface area (TPSA) is 90.4 Å². The molecule has 2 atom stereocenters. The summed E-state index contributed by atoms with van der Waals surface area (Å²) in [6.07, 6.45) is 4.86. The van der Waals surface area contributed by atoms with E-state index in [0.717, 1.165) is 11.3 Å². The molecule has 0 unspecified atom stereocenters. The van der Waals surface area contributed by atoms with Crippen LogP contribution in [0.3, 0.4) is 0 Å². The van der Waals surface area contributed by atoms with Crippen LogP contribution in [0.2, 0.25) is 0 Å². The minimum Gasteiger partial charge on any atom is -0.380 e. The fraction of sp³-hybridized carbons (Fsp3) is 0.389. The molecule has 2 N–H and O–H groups in total. The van der Waals surface area contributed by atoms with E-state index >= 15 is 0 Å². The summed E-state index contributed by atoms with van der Waals surface area (Å²) in [5, 5.41) is 4.33. The highest BCUT2D eigenvalue weighted by atomic mass is 16.5. The van der Waals surface area contributed by atoms with Gasteiger partial charge in [0.25, 0.3) is 0 Å². The zero-order valence-corrected chi connectivity index (χ0v) is 14.2. The van der Waals surface area contributed by atoms with Crippen LogP contribution in [-0.2, 0) is 20.7 Å². The molecule has 0 bridgehead atoms. The molecule has 7 heteroatoms. The maximum atomic E-state index is 12.5. The zero-order chi connectivity index (χ0) is 17.8. The first-order valence-electron chi connectivity index (χ1n) is 8.29. The van der Waals surface area contributed by atoms with Crippen LogP contribution >= 0.6 is 0 Å². The minimum absolute atomic E-state index is 0.0872. The summed E-state index contributed by atoms with van der Waals surface area (Å²) in [6.45, 7) is 0.409. The molecule has 1 aromatic carbocycles. The normalized spacial score (nSPS) is 20.0. The summed E-state index contributed by atoms with van der Waals surface area (Å²) >= 11 is 0. The van der Waals surface area contributed by atoms with Crippen LogP contribution in [-0.4, -0.2) is 52.3 Å². The van der Waals surface area contributed by atoms with Gasteiger partial charge in [-0.05, 0) is 24.1 Å². The minimum atomic E-state index is -0.579. The second kappa shape index (κ2) is 7.48. The average molecular weight is 342 g/mol. The number of aromatic nitrogens is 2. The van der Waals surface area contributed by atoms with Crippen molar-refractivity contribution in [1.82, 2.24) is 14.7 Å². The van der Waals surface area contributed by atoms with Gasteiger partial charge in [-0.2, -0.15) is 5.10 Å². The molecule has 2 aromatic rings. The third-order valence-electron chi connectivity index (χ3n) is 4.53. The second-order valence-corrected chi connectivity index (χ2v) is 6.19. The molecular weight excluding hydrogens is 320 g/mol. The molecule has 0 radical (unpaired) electrons. The third kappa shape index (κ3) is 3.88. The fourth-order valence-electron chi connectivity index (χ4n) is 3.12. The predicted molar refractivity (Wildman–Crippen MR) is 92.0 cm³/mol. The van der Waals surface area contributed by atoms with E-state index in [2.05, 4.69) is 5.10 Å². The van der Waals surface area contributed by atoms with Crippen molar-refractivity contribution in [3.8, 4) is 5.69 Å². The first kappa shape index (κ1) is 17.2. The van der Waals surface area contributed by atoms with Crippen LogP contribution in [0.1, 0.15) is 18.4 Å². The lowest BCUT2D eigenvalue weighted by molar-refractivity contribution is -0.137. The maximum Gasteiger partial charge on any atom is 0.240 e. The molecule has 1 saturated heterocycles. The van der Waals surface area contributed by atoms with E-state index in [1.165, 1.54) is 4.90 Å². The van der Waals surface area contributed by atoms with Gasteiger partial charge in [0.2, 0.25) is 11.8 Å². The van der Waals surface area contributed by atoms with Crippen LogP contribution in [0, 0.1) is 0 Å². The highest BCUT2D eigenvalue weighted by Gasteiger charge is 2.38. The van der Waals surface area contributed by atoms with Crippen molar-refractivity contribution in [3.05, 3.63) is 48.3 Å². The number of hydrogen-bond acceptors (Lipinski definition) is 4. The number of ether oxygens (including phenoxy) is 1. The number of likely N-dealkylation sites (tertiary alicyclic amines) is 1. The zero-order valence-electron chi connectivity index (χ0n) is 14.2. The number of carbonyl (C=O) groups excluding carboxylic acids is 2. The van der Waals surface area contributed by atoms with Gasteiger partial charge in [-0.15, -0.1) is 0 Å². The Morgan fingerprint density at radius 1 is 1.32 bits per heavy atom. The molecule has 3 rings (SSSR count). The number of methoxy groups -OCH3 is 1. The van der Waals surface area contributed by atoms with Gasteiger partial charge >= 0.3 is 0 Å². The fourth-order valence-corrected chi connectivity index (χ4v) is 3.12. The smallest absolute Gasteiger partial charge is 0.240 e. The number of amides is 2. The molecule has 0 aliphatic carbocycles. The Bertz CT molecular complexity index is 744. The summed E-state index contributed by atoms with van der Waals surface area (Å²) in [5.74, 6) is -0.569. The summed E-state index contributed by atoms with van der Waals surface area (Å²) in [5.41, 5.74) is 7.35. The summed E-state index contributed by atoms with van der Waals surface area (Å²) < 4.78 is 7.05. The second-order valence-electron chi connectivity index (χ2n) is 6.19. The molecule has 2 heterocycles. The van der Waals surface area contributed by atoms with E-state index < -0.39 is 11.9 Å². The summed E-state index contributed by atoms with van der Waals surface area (Å²) in [6, 6.07) is 9.20. The van der Waals surface area contributed by atoms with E-state index in [1.807, 2.05) is 36.5 Å². The van der Waals surface area contributed by atoms with Crippen LogP contribution in [0.4, 0.5) is 0 Å². The number of nitrogens with two attached hydrogens (primary N) is 1. The lowest BCUT2D eigenvalue weighted by Gasteiger charge is -2.21. The summed E-state index contributed by atoms with van der Waals surface area (Å²) in [7, 11) is 1.58. The van der Waals surface area contributed by atoms with Gasteiger partial charge in [-0.1, -0.05) is 18.2 Å². The highest BCUT2D eigenvalue weighted by molar-refractivity contribution is 5.87. The van der Waals surface area contributed by atoms with E-state index in [1.54, 1.807) is 18.0 Å². The number of primary amides is 1. The van der Waals surface area contributed by atoms with Gasteiger partial charge in [0, 0.05) is 32.7 Å². The van der Waals surface area contributed by atoms with Crippen molar-refractivity contribution in [3.63, 3.8) is 0 Å². The summed E-state index contributed by atoms with van der Waals surface area (Å²) in [4.78, 5) is 25.6. The van der Waals surface area contributed by atoms with Crippen LogP contribution in [0.15, 0.2) is 42.7 Å². The van der Waals surface area contributed by atoms with Gasteiger partial charge in [0.15, 0.2) is 0 Å². The Morgan fingerprint density at radius 3 is 2.76 bits per heavy atom. The van der Waals surface area contributed by atoms with Crippen LogP contribution < -0.4 is 5.73 Å². The lowest BCUT2D eigenvalue weighted by Crippen LogP contribution is -2.43. The Balaban J connectivity index is 1.61. The maximum absolute atomic E-state index is 12.5. The van der Waals surface area contributed by atoms with Crippen molar-refractivity contribution in [1.29, 1.82) is 0 Å². The predicted octanol–water partition coefficient (Wildman–Crippen LogP) is 0.906. The number of aryl methyl sites for hydroxylation is 1. The van der Waals surface area contributed by atoms with Crippen molar-refractivity contribution < 1.29 is 14.3 Å². The first-order valence-corrected chi connectivity index (χ1v) is 8.29. The molecule has 1 aliphatic heterocycles. The number of carbonyl (C=O) groups is 2.